The molecule has 0 bridgehead atoms. The minimum atomic E-state index is -3.27. The monoisotopic (exact) mass is 369 g/mol. The molecule has 0 aliphatic carbocycles. The lowest BCUT2D eigenvalue weighted by Crippen LogP contribution is -2.41. The Morgan fingerprint density at radius 1 is 1.12 bits per heavy atom. The third-order valence-electron chi connectivity index (χ3n) is 4.85. The maximum absolute atomic E-state index is 13.4. The van der Waals surface area contributed by atoms with Gasteiger partial charge in [-0.25, -0.2) is 8.42 Å². The molecule has 2 aromatic rings. The van der Waals surface area contributed by atoms with Gasteiger partial charge >= 0.3 is 0 Å². The van der Waals surface area contributed by atoms with E-state index in [9.17, 15) is 13.2 Å². The maximum atomic E-state index is 13.4. The van der Waals surface area contributed by atoms with Crippen LogP contribution in [0, 0.1) is 13.8 Å². The lowest BCUT2D eigenvalue weighted by atomic mass is 10.0. The molecule has 0 fully saturated rings. The predicted molar refractivity (Wildman–Crippen MR) is 105 cm³/mol. The van der Waals surface area contributed by atoms with Crippen molar-refractivity contribution in [2.45, 2.75) is 33.2 Å². The molecule has 0 saturated heterocycles. The number of carbonyl (C=O) groups is 1. The van der Waals surface area contributed by atoms with Crippen LogP contribution in [0.25, 0.3) is 0 Å². The summed E-state index contributed by atoms with van der Waals surface area (Å²) in [5.41, 5.74) is 4.50. The zero-order chi connectivity index (χ0) is 18.9. The van der Waals surface area contributed by atoms with Gasteiger partial charge in [0, 0.05) is 16.7 Å². The number of carbonyl (C=O) groups excluding carboxylic acids is 1. The number of benzene rings is 2. The minimum absolute atomic E-state index is 0.0817. The SMILES string of the molecule is CCc1ccccc1N(C(=O)c1ccc(C)c(C)c1)[C@H]1C=CS(=O)(=O)C1. The Kier molecular flexibility index (Phi) is 5.01. The first kappa shape index (κ1) is 18.4. The van der Waals surface area contributed by atoms with Crippen molar-refractivity contribution in [2.24, 2.45) is 0 Å². The van der Waals surface area contributed by atoms with E-state index in [-0.39, 0.29) is 11.7 Å². The van der Waals surface area contributed by atoms with Gasteiger partial charge in [0.2, 0.25) is 0 Å². The second-order valence-electron chi connectivity index (χ2n) is 6.68. The Hall–Kier alpha value is -2.40. The zero-order valence-electron chi connectivity index (χ0n) is 15.3. The topological polar surface area (TPSA) is 54.5 Å². The molecule has 0 aromatic heterocycles. The maximum Gasteiger partial charge on any atom is 0.258 e. The Morgan fingerprint density at radius 3 is 2.46 bits per heavy atom. The summed E-state index contributed by atoms with van der Waals surface area (Å²) in [5.74, 6) is -0.262. The molecule has 1 aliphatic heterocycles. The number of anilines is 1. The second-order valence-corrected chi connectivity index (χ2v) is 8.61. The Balaban J connectivity index is 2.10. The van der Waals surface area contributed by atoms with Crippen LogP contribution in [0.4, 0.5) is 5.69 Å². The molecule has 4 nitrogen and oxygen atoms in total. The van der Waals surface area contributed by atoms with Gasteiger partial charge in [-0.3, -0.25) is 4.79 Å². The largest absolute Gasteiger partial charge is 0.300 e. The van der Waals surface area contributed by atoms with Crippen LogP contribution >= 0.6 is 0 Å². The molecular weight excluding hydrogens is 346 g/mol. The van der Waals surface area contributed by atoms with Gasteiger partial charge in [-0.2, -0.15) is 0 Å². The number of nitrogens with zero attached hydrogens (tertiary/aromatic N) is 1. The normalized spacial score (nSPS) is 18.0. The Labute approximate surface area is 155 Å². The van der Waals surface area contributed by atoms with Crippen LogP contribution in [0.3, 0.4) is 0 Å². The van der Waals surface area contributed by atoms with Gasteiger partial charge in [0.15, 0.2) is 9.84 Å². The molecule has 1 aliphatic rings. The van der Waals surface area contributed by atoms with Crippen LogP contribution in [0.2, 0.25) is 0 Å². The van der Waals surface area contributed by atoms with E-state index < -0.39 is 15.9 Å². The first-order chi connectivity index (χ1) is 12.3. The third kappa shape index (κ3) is 3.58. The number of hydrogen-bond donors (Lipinski definition) is 0. The van der Waals surface area contributed by atoms with Crippen LogP contribution in [-0.4, -0.2) is 26.1 Å². The molecule has 136 valence electrons. The van der Waals surface area contributed by atoms with E-state index in [0.29, 0.717) is 5.56 Å². The average Bonchev–Trinajstić information content (AvgIpc) is 2.97. The molecule has 0 radical (unpaired) electrons. The molecular formula is C21H23NO3S. The molecule has 0 unspecified atom stereocenters. The van der Waals surface area contributed by atoms with E-state index in [2.05, 4.69) is 0 Å². The summed E-state index contributed by atoms with van der Waals surface area (Å²) >= 11 is 0. The van der Waals surface area contributed by atoms with E-state index >= 15 is 0 Å². The van der Waals surface area contributed by atoms with E-state index in [4.69, 9.17) is 0 Å². The highest BCUT2D eigenvalue weighted by Crippen LogP contribution is 2.29. The summed E-state index contributed by atoms with van der Waals surface area (Å²) in [6.45, 7) is 6.00. The second kappa shape index (κ2) is 7.08. The molecule has 1 heterocycles. The minimum Gasteiger partial charge on any atom is -0.300 e. The smallest absolute Gasteiger partial charge is 0.258 e. The number of aryl methyl sites for hydroxylation is 3. The van der Waals surface area contributed by atoms with Crippen molar-refractivity contribution < 1.29 is 13.2 Å². The summed E-state index contributed by atoms with van der Waals surface area (Å²) in [6.07, 6.45) is 2.37. The van der Waals surface area contributed by atoms with Crippen molar-refractivity contribution in [3.63, 3.8) is 0 Å². The summed E-state index contributed by atoms with van der Waals surface area (Å²) < 4.78 is 23.9. The molecule has 2 aromatic carbocycles. The average molecular weight is 369 g/mol. The molecule has 1 amide bonds. The van der Waals surface area contributed by atoms with Crippen LogP contribution in [0.15, 0.2) is 53.9 Å². The van der Waals surface area contributed by atoms with Crippen LogP contribution in [0.1, 0.15) is 34.0 Å². The quantitative estimate of drug-likeness (QED) is 0.823. The lowest BCUT2D eigenvalue weighted by Gasteiger charge is -2.30. The predicted octanol–water partition coefficient (Wildman–Crippen LogP) is 3.82. The van der Waals surface area contributed by atoms with Gasteiger partial charge in [-0.05, 0) is 61.2 Å². The first-order valence-corrected chi connectivity index (χ1v) is 10.4. The molecule has 26 heavy (non-hydrogen) atoms. The van der Waals surface area contributed by atoms with Gasteiger partial charge in [-0.1, -0.05) is 31.2 Å². The van der Waals surface area contributed by atoms with E-state index in [0.717, 1.165) is 28.8 Å². The molecule has 1 atom stereocenters. The molecule has 5 heteroatoms. The highest BCUT2D eigenvalue weighted by molar-refractivity contribution is 7.94. The van der Waals surface area contributed by atoms with Crippen molar-refractivity contribution in [1.29, 1.82) is 0 Å². The van der Waals surface area contributed by atoms with Crippen molar-refractivity contribution in [1.82, 2.24) is 0 Å². The van der Waals surface area contributed by atoms with Crippen LogP contribution in [0.5, 0.6) is 0 Å². The summed E-state index contributed by atoms with van der Waals surface area (Å²) in [7, 11) is -3.27. The highest BCUT2D eigenvalue weighted by Gasteiger charge is 2.32. The fourth-order valence-electron chi connectivity index (χ4n) is 3.22. The van der Waals surface area contributed by atoms with E-state index in [1.54, 1.807) is 17.0 Å². The fraction of sp³-hybridized carbons (Fsp3) is 0.286. The van der Waals surface area contributed by atoms with E-state index in [1.807, 2.05) is 57.2 Å². The number of amides is 1. The first-order valence-electron chi connectivity index (χ1n) is 8.72. The highest BCUT2D eigenvalue weighted by atomic mass is 32.2. The standard InChI is InChI=1S/C21H23NO3S/c1-4-17-7-5-6-8-20(17)22(19-11-12-26(24,25)14-19)21(23)18-10-9-15(2)16(3)13-18/h5-13,19H,4,14H2,1-3H3/t19-/m0/s1. The van der Waals surface area contributed by atoms with Crippen molar-refractivity contribution in [3.05, 3.63) is 76.2 Å². The van der Waals surface area contributed by atoms with Gasteiger partial charge in [-0.15, -0.1) is 0 Å². The van der Waals surface area contributed by atoms with Crippen LogP contribution in [-0.2, 0) is 16.3 Å². The van der Waals surface area contributed by atoms with E-state index in [1.165, 1.54) is 5.41 Å². The van der Waals surface area contributed by atoms with Crippen LogP contribution < -0.4 is 4.90 Å². The fourth-order valence-corrected chi connectivity index (χ4v) is 4.49. The zero-order valence-corrected chi connectivity index (χ0v) is 16.1. The van der Waals surface area contributed by atoms with Gasteiger partial charge in [0.05, 0.1) is 11.8 Å². The Bertz CT molecular complexity index is 977. The summed E-state index contributed by atoms with van der Waals surface area (Å²) in [4.78, 5) is 15.0. The molecule has 0 N–H and O–H groups in total. The molecule has 0 saturated carbocycles. The lowest BCUT2D eigenvalue weighted by molar-refractivity contribution is 0.0983. The van der Waals surface area contributed by atoms with Crippen molar-refractivity contribution >= 4 is 21.4 Å². The van der Waals surface area contributed by atoms with Crippen molar-refractivity contribution in [2.75, 3.05) is 10.7 Å². The van der Waals surface area contributed by atoms with Crippen molar-refractivity contribution in [3.8, 4) is 0 Å². The van der Waals surface area contributed by atoms with Gasteiger partial charge in [0.1, 0.15) is 0 Å². The number of rotatable bonds is 4. The van der Waals surface area contributed by atoms with Gasteiger partial charge < -0.3 is 4.90 Å². The number of para-hydroxylation sites is 1. The third-order valence-corrected chi connectivity index (χ3v) is 6.23. The van der Waals surface area contributed by atoms with Gasteiger partial charge in [0.25, 0.3) is 5.91 Å². The number of sulfone groups is 1. The summed E-state index contributed by atoms with van der Waals surface area (Å²) in [5, 5.41) is 1.22. The number of hydrogen-bond acceptors (Lipinski definition) is 3. The summed E-state index contributed by atoms with van der Waals surface area (Å²) in [6, 6.07) is 12.8. The Morgan fingerprint density at radius 2 is 1.85 bits per heavy atom. The molecule has 0 spiro atoms. The molecule has 3 rings (SSSR count).